The minimum atomic E-state index is 0.587. The van der Waals surface area contributed by atoms with Crippen molar-refractivity contribution in [1.82, 2.24) is 10.3 Å². The molecule has 1 aromatic rings. The normalized spacial score (nSPS) is 13.5. The maximum absolute atomic E-state index is 4.22. The van der Waals surface area contributed by atoms with Crippen LogP contribution in [0.4, 0.5) is 0 Å². The second kappa shape index (κ2) is 5.35. The van der Waals surface area contributed by atoms with E-state index in [2.05, 4.69) is 31.1 Å². The Morgan fingerprint density at radius 2 is 2.23 bits per heavy atom. The predicted octanol–water partition coefficient (Wildman–Crippen LogP) is 2.67. The van der Waals surface area contributed by atoms with E-state index >= 15 is 0 Å². The van der Waals surface area contributed by atoms with Gasteiger partial charge < -0.3 is 5.32 Å². The molecule has 1 N–H and O–H groups in total. The Hall–Kier alpha value is -0.410. The molecule has 1 aromatic heterocycles. The summed E-state index contributed by atoms with van der Waals surface area (Å²) < 4.78 is 0. The van der Waals surface area contributed by atoms with Crippen molar-refractivity contribution in [2.75, 3.05) is 0 Å². The SMILES string of the molecule is CC(C)C[C@H](C)NCc1nccs1. The number of rotatable bonds is 5. The van der Waals surface area contributed by atoms with Crippen LogP contribution >= 0.6 is 11.3 Å². The van der Waals surface area contributed by atoms with Crippen LogP contribution in [0.5, 0.6) is 0 Å². The lowest BCUT2D eigenvalue weighted by Crippen LogP contribution is -2.26. The van der Waals surface area contributed by atoms with Crippen molar-refractivity contribution in [2.24, 2.45) is 5.92 Å². The molecule has 0 amide bonds. The van der Waals surface area contributed by atoms with Crippen LogP contribution in [0.1, 0.15) is 32.2 Å². The highest BCUT2D eigenvalue weighted by Gasteiger charge is 2.04. The van der Waals surface area contributed by atoms with Crippen LogP contribution in [0.15, 0.2) is 11.6 Å². The lowest BCUT2D eigenvalue weighted by molar-refractivity contribution is 0.441. The molecule has 0 radical (unpaired) electrons. The monoisotopic (exact) mass is 198 g/mol. The zero-order chi connectivity index (χ0) is 9.68. The fourth-order valence-corrected chi connectivity index (χ4v) is 1.96. The number of nitrogens with zero attached hydrogens (tertiary/aromatic N) is 1. The minimum Gasteiger partial charge on any atom is -0.308 e. The molecule has 0 spiro atoms. The van der Waals surface area contributed by atoms with Crippen molar-refractivity contribution in [3.05, 3.63) is 16.6 Å². The molecule has 0 bridgehead atoms. The van der Waals surface area contributed by atoms with Crippen molar-refractivity contribution >= 4 is 11.3 Å². The van der Waals surface area contributed by atoms with E-state index in [4.69, 9.17) is 0 Å². The lowest BCUT2D eigenvalue weighted by atomic mass is 10.1. The first-order valence-corrected chi connectivity index (χ1v) is 5.68. The van der Waals surface area contributed by atoms with E-state index in [1.807, 2.05) is 11.6 Å². The van der Waals surface area contributed by atoms with Gasteiger partial charge in [0.2, 0.25) is 0 Å². The van der Waals surface area contributed by atoms with Gasteiger partial charge in [0.05, 0.1) is 0 Å². The summed E-state index contributed by atoms with van der Waals surface area (Å²) in [6, 6.07) is 0.587. The third kappa shape index (κ3) is 4.39. The molecule has 0 saturated carbocycles. The molecular weight excluding hydrogens is 180 g/mol. The van der Waals surface area contributed by atoms with Gasteiger partial charge >= 0.3 is 0 Å². The number of hydrogen-bond acceptors (Lipinski definition) is 3. The molecule has 0 saturated heterocycles. The summed E-state index contributed by atoms with van der Waals surface area (Å²) in [7, 11) is 0. The molecule has 3 heteroatoms. The van der Waals surface area contributed by atoms with Gasteiger partial charge in [-0.3, -0.25) is 0 Å². The van der Waals surface area contributed by atoms with Crippen LogP contribution in [0, 0.1) is 5.92 Å². The van der Waals surface area contributed by atoms with Gasteiger partial charge in [-0.25, -0.2) is 4.98 Å². The standard InChI is InChI=1S/C10H18N2S/c1-8(2)6-9(3)12-7-10-11-4-5-13-10/h4-5,8-9,12H,6-7H2,1-3H3/t9-/m0/s1. The average molecular weight is 198 g/mol. The quantitative estimate of drug-likeness (QED) is 0.787. The Kier molecular flexibility index (Phi) is 4.39. The van der Waals surface area contributed by atoms with Gasteiger partial charge in [0.1, 0.15) is 5.01 Å². The highest BCUT2D eigenvalue weighted by molar-refractivity contribution is 7.09. The third-order valence-electron chi connectivity index (χ3n) is 1.91. The van der Waals surface area contributed by atoms with E-state index < -0.39 is 0 Å². The molecule has 74 valence electrons. The van der Waals surface area contributed by atoms with Gasteiger partial charge in [-0.2, -0.15) is 0 Å². The summed E-state index contributed by atoms with van der Waals surface area (Å²) in [4.78, 5) is 4.22. The Balaban J connectivity index is 2.19. The maximum Gasteiger partial charge on any atom is 0.106 e. The summed E-state index contributed by atoms with van der Waals surface area (Å²) in [5, 5.41) is 6.66. The van der Waals surface area contributed by atoms with E-state index in [1.54, 1.807) is 11.3 Å². The third-order valence-corrected chi connectivity index (χ3v) is 2.69. The predicted molar refractivity (Wildman–Crippen MR) is 57.9 cm³/mol. The number of aromatic nitrogens is 1. The van der Waals surface area contributed by atoms with E-state index in [9.17, 15) is 0 Å². The van der Waals surface area contributed by atoms with Crippen molar-refractivity contribution in [3.63, 3.8) is 0 Å². The zero-order valence-electron chi connectivity index (χ0n) is 8.58. The van der Waals surface area contributed by atoms with Crippen LogP contribution < -0.4 is 5.32 Å². The van der Waals surface area contributed by atoms with Gasteiger partial charge in [0.15, 0.2) is 0 Å². The van der Waals surface area contributed by atoms with Gasteiger partial charge in [0.25, 0.3) is 0 Å². The first-order valence-electron chi connectivity index (χ1n) is 4.80. The van der Waals surface area contributed by atoms with Crippen molar-refractivity contribution in [2.45, 2.75) is 39.8 Å². The molecule has 1 atom stereocenters. The molecule has 2 nitrogen and oxygen atoms in total. The Labute approximate surface area is 84.4 Å². The second-order valence-corrected chi connectivity index (χ2v) is 4.82. The number of hydrogen-bond donors (Lipinski definition) is 1. The van der Waals surface area contributed by atoms with Crippen molar-refractivity contribution in [3.8, 4) is 0 Å². The fraction of sp³-hybridized carbons (Fsp3) is 0.700. The number of thiazole rings is 1. The van der Waals surface area contributed by atoms with E-state index in [0.717, 1.165) is 12.5 Å². The largest absolute Gasteiger partial charge is 0.308 e. The van der Waals surface area contributed by atoms with Gasteiger partial charge in [-0.1, -0.05) is 13.8 Å². The molecule has 0 aliphatic carbocycles. The van der Waals surface area contributed by atoms with E-state index in [-0.39, 0.29) is 0 Å². The first kappa shape index (κ1) is 10.7. The zero-order valence-corrected chi connectivity index (χ0v) is 9.40. The Morgan fingerprint density at radius 3 is 2.77 bits per heavy atom. The van der Waals surface area contributed by atoms with Gasteiger partial charge in [-0.15, -0.1) is 11.3 Å². The molecule has 0 aromatic carbocycles. The number of nitrogens with one attached hydrogen (secondary N) is 1. The van der Waals surface area contributed by atoms with Crippen molar-refractivity contribution < 1.29 is 0 Å². The van der Waals surface area contributed by atoms with Crippen LogP contribution in [0.2, 0.25) is 0 Å². The molecule has 1 heterocycles. The molecule has 13 heavy (non-hydrogen) atoms. The summed E-state index contributed by atoms with van der Waals surface area (Å²) in [5.74, 6) is 0.763. The fourth-order valence-electron chi connectivity index (χ4n) is 1.39. The second-order valence-electron chi connectivity index (χ2n) is 3.84. The van der Waals surface area contributed by atoms with E-state index in [1.165, 1.54) is 11.4 Å². The Bertz CT molecular complexity index is 219. The lowest BCUT2D eigenvalue weighted by Gasteiger charge is -2.14. The van der Waals surface area contributed by atoms with E-state index in [0.29, 0.717) is 6.04 Å². The summed E-state index contributed by atoms with van der Waals surface area (Å²) >= 11 is 1.71. The molecule has 0 aliphatic rings. The van der Waals surface area contributed by atoms with Crippen molar-refractivity contribution in [1.29, 1.82) is 0 Å². The first-order chi connectivity index (χ1) is 6.18. The molecule has 0 unspecified atom stereocenters. The Morgan fingerprint density at radius 1 is 1.46 bits per heavy atom. The molecule has 0 aliphatic heterocycles. The molecule has 1 rings (SSSR count). The van der Waals surface area contributed by atoms with Crippen LogP contribution in [-0.4, -0.2) is 11.0 Å². The van der Waals surface area contributed by atoms with Crippen LogP contribution in [0.3, 0.4) is 0 Å². The maximum atomic E-state index is 4.22. The average Bonchev–Trinajstić information content (AvgIpc) is 2.51. The highest BCUT2D eigenvalue weighted by atomic mass is 32.1. The minimum absolute atomic E-state index is 0.587. The highest BCUT2D eigenvalue weighted by Crippen LogP contribution is 2.07. The summed E-state index contributed by atoms with van der Waals surface area (Å²) in [6.45, 7) is 7.64. The smallest absolute Gasteiger partial charge is 0.106 e. The molecular formula is C10H18N2S. The molecule has 0 fully saturated rings. The van der Waals surface area contributed by atoms with Gasteiger partial charge in [0, 0.05) is 24.2 Å². The van der Waals surface area contributed by atoms with Crippen LogP contribution in [-0.2, 0) is 6.54 Å². The van der Waals surface area contributed by atoms with Gasteiger partial charge in [-0.05, 0) is 19.3 Å². The van der Waals surface area contributed by atoms with Crippen LogP contribution in [0.25, 0.3) is 0 Å². The summed E-state index contributed by atoms with van der Waals surface area (Å²) in [6.07, 6.45) is 3.08. The summed E-state index contributed by atoms with van der Waals surface area (Å²) in [5.41, 5.74) is 0. The topological polar surface area (TPSA) is 24.9 Å².